The lowest BCUT2D eigenvalue weighted by Crippen LogP contribution is -2.09. The summed E-state index contributed by atoms with van der Waals surface area (Å²) in [4.78, 5) is 19.3. The van der Waals surface area contributed by atoms with Crippen molar-refractivity contribution in [1.82, 2.24) is 9.97 Å². The van der Waals surface area contributed by atoms with E-state index < -0.39 is 5.97 Å². The van der Waals surface area contributed by atoms with Crippen LogP contribution in [0.25, 0.3) is 0 Å². The van der Waals surface area contributed by atoms with Gasteiger partial charge in [-0.1, -0.05) is 0 Å². The highest BCUT2D eigenvalue weighted by atomic mass is 32.2. The second-order valence-electron chi connectivity index (χ2n) is 3.39. The Balaban J connectivity index is 2.85. The summed E-state index contributed by atoms with van der Waals surface area (Å²) in [5.74, 6) is 0.289. The Morgan fingerprint density at radius 3 is 2.71 bits per heavy atom. The molecule has 6 heteroatoms. The Morgan fingerprint density at radius 1 is 1.41 bits per heavy atom. The van der Waals surface area contributed by atoms with Crippen molar-refractivity contribution in [1.29, 1.82) is 0 Å². The molecule has 1 N–H and O–H groups in total. The average Bonchev–Trinajstić information content (AvgIpc) is 2.22. The predicted octanol–water partition coefficient (Wildman–Crippen LogP) is 1.92. The van der Waals surface area contributed by atoms with Crippen LogP contribution < -0.4 is 0 Å². The van der Waals surface area contributed by atoms with Crippen molar-refractivity contribution in [3.05, 3.63) is 17.1 Å². The van der Waals surface area contributed by atoms with E-state index in [9.17, 15) is 4.79 Å². The van der Waals surface area contributed by atoms with Gasteiger partial charge in [0, 0.05) is 12.4 Å². The van der Waals surface area contributed by atoms with E-state index in [2.05, 4.69) is 9.97 Å². The van der Waals surface area contributed by atoms with Crippen molar-refractivity contribution in [2.24, 2.45) is 0 Å². The van der Waals surface area contributed by atoms with Gasteiger partial charge in [0.05, 0.1) is 12.3 Å². The summed E-state index contributed by atoms with van der Waals surface area (Å²) in [6, 6.07) is 0. The van der Waals surface area contributed by atoms with Gasteiger partial charge in [0.2, 0.25) is 0 Å². The number of aromatic nitrogens is 2. The number of aromatic carboxylic acids is 1. The van der Waals surface area contributed by atoms with Crippen LogP contribution in [0.2, 0.25) is 0 Å². The average molecular weight is 256 g/mol. The molecule has 0 aliphatic carbocycles. The van der Waals surface area contributed by atoms with E-state index in [1.165, 1.54) is 11.8 Å². The SMILES string of the molecule is CCOCCSc1nc(C)nc(C)c1C(=O)O. The van der Waals surface area contributed by atoms with Gasteiger partial charge in [-0.25, -0.2) is 14.8 Å². The van der Waals surface area contributed by atoms with Crippen molar-refractivity contribution in [2.75, 3.05) is 19.0 Å². The van der Waals surface area contributed by atoms with Gasteiger partial charge in [-0.05, 0) is 20.8 Å². The highest BCUT2D eigenvalue weighted by molar-refractivity contribution is 7.99. The molecule has 0 saturated carbocycles. The highest BCUT2D eigenvalue weighted by Crippen LogP contribution is 2.22. The lowest BCUT2D eigenvalue weighted by atomic mass is 10.2. The Bertz CT molecular complexity index is 410. The van der Waals surface area contributed by atoms with Crippen LogP contribution in [0.15, 0.2) is 5.03 Å². The molecule has 0 saturated heterocycles. The van der Waals surface area contributed by atoms with E-state index in [1.807, 2.05) is 6.92 Å². The van der Waals surface area contributed by atoms with Gasteiger partial charge in [0.25, 0.3) is 0 Å². The zero-order valence-corrected chi connectivity index (χ0v) is 11.0. The van der Waals surface area contributed by atoms with Gasteiger partial charge in [-0.15, -0.1) is 11.8 Å². The molecule has 0 unspecified atom stereocenters. The summed E-state index contributed by atoms with van der Waals surface area (Å²) in [5, 5.41) is 9.63. The molecule has 1 aromatic rings. The minimum atomic E-state index is -0.985. The first-order chi connectivity index (χ1) is 8.06. The van der Waals surface area contributed by atoms with Crippen LogP contribution in [0.5, 0.6) is 0 Å². The van der Waals surface area contributed by atoms with Crippen LogP contribution in [-0.2, 0) is 4.74 Å². The third-order valence-electron chi connectivity index (χ3n) is 2.05. The van der Waals surface area contributed by atoms with Crippen molar-refractivity contribution in [2.45, 2.75) is 25.8 Å². The Morgan fingerprint density at radius 2 is 2.12 bits per heavy atom. The topological polar surface area (TPSA) is 72.3 Å². The molecule has 94 valence electrons. The summed E-state index contributed by atoms with van der Waals surface area (Å²) in [6.07, 6.45) is 0. The molecule has 17 heavy (non-hydrogen) atoms. The maximum absolute atomic E-state index is 11.1. The van der Waals surface area contributed by atoms with Gasteiger partial charge in [-0.3, -0.25) is 0 Å². The van der Waals surface area contributed by atoms with Crippen molar-refractivity contribution < 1.29 is 14.6 Å². The largest absolute Gasteiger partial charge is 0.478 e. The molecule has 0 atom stereocenters. The molecule has 0 radical (unpaired) electrons. The highest BCUT2D eigenvalue weighted by Gasteiger charge is 2.17. The first-order valence-corrected chi connectivity index (χ1v) is 6.34. The molecule has 0 aromatic carbocycles. The quantitative estimate of drug-likeness (QED) is 0.476. The Kier molecular flexibility index (Phi) is 5.37. The maximum atomic E-state index is 11.1. The standard InChI is InChI=1S/C11H16N2O3S/c1-4-16-5-6-17-10-9(11(14)15)7(2)12-8(3)13-10/h4-6H2,1-3H3,(H,14,15). The summed E-state index contributed by atoms with van der Waals surface area (Å²) >= 11 is 1.39. The lowest BCUT2D eigenvalue weighted by molar-refractivity contribution is 0.0690. The number of carboxylic acid groups (broad SMARTS) is 1. The van der Waals surface area contributed by atoms with E-state index in [-0.39, 0.29) is 5.56 Å². The van der Waals surface area contributed by atoms with Crippen molar-refractivity contribution in [3.63, 3.8) is 0 Å². The number of aryl methyl sites for hydroxylation is 2. The van der Waals surface area contributed by atoms with Crippen molar-refractivity contribution in [3.8, 4) is 0 Å². The van der Waals surface area contributed by atoms with Crippen molar-refractivity contribution >= 4 is 17.7 Å². The number of carboxylic acids is 1. The Hall–Kier alpha value is -1.14. The van der Waals surface area contributed by atoms with E-state index in [0.717, 1.165) is 0 Å². The molecular weight excluding hydrogens is 240 g/mol. The summed E-state index contributed by atoms with van der Waals surface area (Å²) in [7, 11) is 0. The molecule has 1 aromatic heterocycles. The zero-order valence-electron chi connectivity index (χ0n) is 10.2. The number of hydrogen-bond acceptors (Lipinski definition) is 5. The molecule has 0 fully saturated rings. The fourth-order valence-electron chi connectivity index (χ4n) is 1.37. The number of hydrogen-bond donors (Lipinski definition) is 1. The number of rotatable bonds is 6. The summed E-state index contributed by atoms with van der Waals surface area (Å²) < 4.78 is 5.20. The molecule has 5 nitrogen and oxygen atoms in total. The molecular formula is C11H16N2O3S. The number of ether oxygens (including phenoxy) is 1. The molecule has 1 heterocycles. The third-order valence-corrected chi connectivity index (χ3v) is 2.99. The van der Waals surface area contributed by atoms with Gasteiger partial charge >= 0.3 is 5.97 Å². The number of thioether (sulfide) groups is 1. The first kappa shape index (κ1) is 13.9. The molecule has 0 bridgehead atoms. The summed E-state index contributed by atoms with van der Waals surface area (Å²) in [6.45, 7) is 6.61. The molecule has 0 spiro atoms. The molecule has 0 aliphatic heterocycles. The second kappa shape index (κ2) is 6.56. The minimum Gasteiger partial charge on any atom is -0.478 e. The van der Waals surface area contributed by atoms with Crippen LogP contribution in [0.4, 0.5) is 0 Å². The smallest absolute Gasteiger partial charge is 0.340 e. The fourth-order valence-corrected chi connectivity index (χ4v) is 2.34. The molecule has 1 rings (SSSR count). The van der Waals surface area contributed by atoms with Crippen LogP contribution >= 0.6 is 11.8 Å². The number of carbonyl (C=O) groups is 1. The third kappa shape index (κ3) is 3.98. The number of nitrogens with zero attached hydrogens (tertiary/aromatic N) is 2. The molecule has 0 aliphatic rings. The summed E-state index contributed by atoms with van der Waals surface area (Å²) in [5.41, 5.74) is 0.695. The normalized spacial score (nSPS) is 10.5. The van der Waals surface area contributed by atoms with Gasteiger partial charge in [0.15, 0.2) is 0 Å². The van der Waals surface area contributed by atoms with Crippen LogP contribution in [0, 0.1) is 13.8 Å². The van der Waals surface area contributed by atoms with E-state index in [0.29, 0.717) is 35.5 Å². The van der Waals surface area contributed by atoms with Crippen LogP contribution in [0.3, 0.4) is 0 Å². The Labute approximate surface area is 105 Å². The van der Waals surface area contributed by atoms with Crippen LogP contribution in [-0.4, -0.2) is 40.0 Å². The zero-order chi connectivity index (χ0) is 12.8. The van der Waals surface area contributed by atoms with Gasteiger partial charge in [0.1, 0.15) is 16.4 Å². The van der Waals surface area contributed by atoms with E-state index in [1.54, 1.807) is 13.8 Å². The monoisotopic (exact) mass is 256 g/mol. The molecule has 0 amide bonds. The van der Waals surface area contributed by atoms with Gasteiger partial charge in [-0.2, -0.15) is 0 Å². The van der Waals surface area contributed by atoms with Gasteiger partial charge < -0.3 is 9.84 Å². The van der Waals surface area contributed by atoms with E-state index >= 15 is 0 Å². The van der Waals surface area contributed by atoms with E-state index in [4.69, 9.17) is 9.84 Å². The fraction of sp³-hybridized carbons (Fsp3) is 0.545. The second-order valence-corrected chi connectivity index (χ2v) is 4.47. The maximum Gasteiger partial charge on any atom is 0.340 e. The lowest BCUT2D eigenvalue weighted by Gasteiger charge is -2.08. The predicted molar refractivity (Wildman–Crippen MR) is 65.7 cm³/mol. The van der Waals surface area contributed by atoms with Crippen LogP contribution in [0.1, 0.15) is 28.8 Å². The first-order valence-electron chi connectivity index (χ1n) is 5.35. The minimum absolute atomic E-state index is 0.192.